The largest absolute Gasteiger partial charge is 0.180 e. The van der Waals surface area contributed by atoms with E-state index in [0.717, 1.165) is 4.47 Å². The van der Waals surface area contributed by atoms with Crippen molar-refractivity contribution in [3.63, 3.8) is 0 Å². The van der Waals surface area contributed by atoms with Gasteiger partial charge >= 0.3 is 0 Å². The van der Waals surface area contributed by atoms with Gasteiger partial charge in [-0.25, -0.2) is 0 Å². The highest BCUT2D eigenvalue weighted by Gasteiger charge is 1.99. The number of aromatic nitrogens is 3. The number of nitrogens with zero attached hydrogens (tertiary/aromatic N) is 3. The molecular formula is C9H8BrN3. The second kappa shape index (κ2) is 3.70. The Morgan fingerprint density at radius 2 is 1.85 bits per heavy atom. The molecule has 0 spiro atoms. The van der Waals surface area contributed by atoms with Gasteiger partial charge in [0.05, 0.1) is 18.9 Å². The molecule has 2 aromatic rings. The van der Waals surface area contributed by atoms with Gasteiger partial charge in [0, 0.05) is 4.47 Å². The molecule has 0 N–H and O–H groups in total. The lowest BCUT2D eigenvalue weighted by Gasteiger charge is -2.02. The van der Waals surface area contributed by atoms with E-state index in [-0.39, 0.29) is 0 Å². The molecule has 66 valence electrons. The van der Waals surface area contributed by atoms with E-state index >= 15 is 0 Å². The first kappa shape index (κ1) is 8.44. The van der Waals surface area contributed by atoms with Crippen LogP contribution in [0.2, 0.25) is 0 Å². The van der Waals surface area contributed by atoms with Crippen LogP contribution in [-0.4, -0.2) is 15.0 Å². The normalized spacial score (nSPS) is 10.2. The van der Waals surface area contributed by atoms with E-state index in [1.165, 1.54) is 5.56 Å². The van der Waals surface area contributed by atoms with Crippen molar-refractivity contribution < 1.29 is 0 Å². The van der Waals surface area contributed by atoms with E-state index in [1.54, 1.807) is 17.2 Å². The molecule has 1 aromatic carbocycles. The van der Waals surface area contributed by atoms with Gasteiger partial charge in [-0.15, -0.1) is 0 Å². The van der Waals surface area contributed by atoms with Crippen LogP contribution in [-0.2, 0) is 6.54 Å². The Morgan fingerprint density at radius 1 is 1.15 bits per heavy atom. The maximum absolute atomic E-state index is 4.04. The molecule has 0 amide bonds. The molecule has 0 fully saturated rings. The van der Waals surface area contributed by atoms with Crippen molar-refractivity contribution in [3.05, 3.63) is 46.7 Å². The maximum Gasteiger partial charge on any atom is 0.0868 e. The summed E-state index contributed by atoms with van der Waals surface area (Å²) >= 11 is 3.47. The Morgan fingerprint density at radius 3 is 2.54 bits per heavy atom. The number of benzene rings is 1. The van der Waals surface area contributed by atoms with E-state index in [4.69, 9.17) is 0 Å². The summed E-state index contributed by atoms with van der Waals surface area (Å²) in [5.74, 6) is 0. The monoisotopic (exact) mass is 237 g/mol. The average Bonchev–Trinajstić information content (AvgIpc) is 2.61. The highest BCUT2D eigenvalue weighted by molar-refractivity contribution is 9.10. The third-order valence-corrected chi connectivity index (χ3v) is 2.51. The molecule has 0 bridgehead atoms. The molecule has 0 radical (unpaired) electrons. The molecule has 0 aliphatic rings. The second-order valence-electron chi connectivity index (χ2n) is 2.65. The van der Waals surface area contributed by atoms with E-state index in [9.17, 15) is 0 Å². The van der Waals surface area contributed by atoms with Crippen LogP contribution in [0.1, 0.15) is 5.56 Å². The fraction of sp³-hybridized carbons (Fsp3) is 0.111. The minimum Gasteiger partial charge on any atom is -0.180 e. The van der Waals surface area contributed by atoms with Crippen LogP contribution in [0.5, 0.6) is 0 Å². The van der Waals surface area contributed by atoms with Gasteiger partial charge in [0.15, 0.2) is 0 Å². The zero-order chi connectivity index (χ0) is 9.10. The van der Waals surface area contributed by atoms with E-state index in [1.807, 2.05) is 24.3 Å². The third kappa shape index (κ3) is 1.95. The highest BCUT2D eigenvalue weighted by Crippen LogP contribution is 2.15. The van der Waals surface area contributed by atoms with Gasteiger partial charge in [0.1, 0.15) is 0 Å². The molecule has 13 heavy (non-hydrogen) atoms. The molecule has 0 unspecified atom stereocenters. The van der Waals surface area contributed by atoms with E-state index in [0.29, 0.717) is 6.54 Å². The fourth-order valence-electron chi connectivity index (χ4n) is 1.10. The minimum atomic E-state index is 0.703. The first-order valence-electron chi connectivity index (χ1n) is 3.94. The van der Waals surface area contributed by atoms with Gasteiger partial charge in [0.2, 0.25) is 0 Å². The first-order valence-corrected chi connectivity index (χ1v) is 4.73. The fourth-order valence-corrected chi connectivity index (χ4v) is 1.51. The van der Waals surface area contributed by atoms with Crippen molar-refractivity contribution in [2.24, 2.45) is 0 Å². The molecule has 0 saturated heterocycles. The SMILES string of the molecule is Brc1ccccc1Cn1nccn1. The number of halogens is 1. The Kier molecular flexibility index (Phi) is 2.40. The van der Waals surface area contributed by atoms with E-state index < -0.39 is 0 Å². The summed E-state index contributed by atoms with van der Waals surface area (Å²) in [6.07, 6.45) is 3.35. The Bertz CT molecular complexity index is 384. The summed E-state index contributed by atoms with van der Waals surface area (Å²) in [6.45, 7) is 0.703. The van der Waals surface area contributed by atoms with Crippen molar-refractivity contribution in [1.82, 2.24) is 15.0 Å². The molecule has 0 saturated carbocycles. The summed E-state index contributed by atoms with van der Waals surface area (Å²) in [7, 11) is 0. The molecule has 0 aliphatic heterocycles. The van der Waals surface area contributed by atoms with Crippen LogP contribution >= 0.6 is 15.9 Å². The van der Waals surface area contributed by atoms with Crippen molar-refractivity contribution in [3.8, 4) is 0 Å². The van der Waals surface area contributed by atoms with Gasteiger partial charge in [-0.05, 0) is 11.6 Å². The Hall–Kier alpha value is -1.16. The number of hydrogen-bond donors (Lipinski definition) is 0. The van der Waals surface area contributed by atoms with Crippen molar-refractivity contribution in [2.45, 2.75) is 6.54 Å². The smallest absolute Gasteiger partial charge is 0.0868 e. The lowest BCUT2D eigenvalue weighted by molar-refractivity contribution is 0.590. The standard InChI is InChI=1S/C9H8BrN3/c10-9-4-2-1-3-8(9)7-13-11-5-6-12-13/h1-6H,7H2. The molecule has 0 aliphatic carbocycles. The van der Waals surface area contributed by atoms with Crippen LogP contribution in [0.4, 0.5) is 0 Å². The lowest BCUT2D eigenvalue weighted by atomic mass is 10.2. The number of hydrogen-bond acceptors (Lipinski definition) is 2. The summed E-state index contributed by atoms with van der Waals surface area (Å²) < 4.78 is 1.09. The number of rotatable bonds is 2. The van der Waals surface area contributed by atoms with Crippen LogP contribution in [0.25, 0.3) is 0 Å². The predicted molar refractivity (Wildman–Crippen MR) is 53.3 cm³/mol. The van der Waals surface area contributed by atoms with Crippen molar-refractivity contribution in [2.75, 3.05) is 0 Å². The summed E-state index contributed by atoms with van der Waals surface area (Å²) in [6, 6.07) is 8.06. The molecule has 4 heteroatoms. The molecule has 0 atom stereocenters. The van der Waals surface area contributed by atoms with Crippen LogP contribution in [0, 0.1) is 0 Å². The zero-order valence-corrected chi connectivity index (χ0v) is 8.48. The molecule has 3 nitrogen and oxygen atoms in total. The lowest BCUT2D eigenvalue weighted by Crippen LogP contribution is -2.03. The molecule has 1 heterocycles. The first-order chi connectivity index (χ1) is 6.36. The van der Waals surface area contributed by atoms with Crippen molar-refractivity contribution >= 4 is 15.9 Å². The van der Waals surface area contributed by atoms with Crippen LogP contribution in [0.15, 0.2) is 41.1 Å². The van der Waals surface area contributed by atoms with Gasteiger partial charge in [0.25, 0.3) is 0 Å². The average molecular weight is 238 g/mol. The van der Waals surface area contributed by atoms with Gasteiger partial charge in [-0.2, -0.15) is 15.0 Å². The van der Waals surface area contributed by atoms with Crippen LogP contribution in [0.3, 0.4) is 0 Å². The van der Waals surface area contributed by atoms with E-state index in [2.05, 4.69) is 26.1 Å². The van der Waals surface area contributed by atoms with Crippen LogP contribution < -0.4 is 0 Å². The highest BCUT2D eigenvalue weighted by atomic mass is 79.9. The summed E-state index contributed by atoms with van der Waals surface area (Å²) in [5, 5.41) is 8.07. The molecule has 2 rings (SSSR count). The van der Waals surface area contributed by atoms with Gasteiger partial charge < -0.3 is 0 Å². The maximum atomic E-state index is 4.04. The van der Waals surface area contributed by atoms with Crippen molar-refractivity contribution in [1.29, 1.82) is 0 Å². The Balaban J connectivity index is 2.24. The van der Waals surface area contributed by atoms with Gasteiger partial charge in [-0.1, -0.05) is 34.1 Å². The van der Waals surface area contributed by atoms with Gasteiger partial charge in [-0.3, -0.25) is 0 Å². The summed E-state index contributed by atoms with van der Waals surface area (Å²) in [4.78, 5) is 1.65. The zero-order valence-electron chi connectivity index (χ0n) is 6.89. The molecular weight excluding hydrogens is 230 g/mol. The Labute approximate surface area is 84.5 Å². The third-order valence-electron chi connectivity index (χ3n) is 1.74. The predicted octanol–water partition coefficient (Wildman–Crippen LogP) is 2.09. The quantitative estimate of drug-likeness (QED) is 0.801. The molecule has 1 aromatic heterocycles. The summed E-state index contributed by atoms with van der Waals surface area (Å²) in [5.41, 5.74) is 1.18. The topological polar surface area (TPSA) is 30.7 Å². The minimum absolute atomic E-state index is 0.703. The second-order valence-corrected chi connectivity index (χ2v) is 3.51.